The van der Waals surface area contributed by atoms with Crippen LogP contribution >= 0.6 is 0 Å². The van der Waals surface area contributed by atoms with Crippen LogP contribution < -0.4 is 10.7 Å². The van der Waals surface area contributed by atoms with Gasteiger partial charge >= 0.3 is 0 Å². The highest BCUT2D eigenvalue weighted by Gasteiger charge is 2.04. The number of rotatable bonds is 3. The van der Waals surface area contributed by atoms with Crippen LogP contribution in [0.4, 0.5) is 11.4 Å². The molecule has 5 heteroatoms. The number of anilines is 2. The van der Waals surface area contributed by atoms with Gasteiger partial charge in [0, 0.05) is 24.2 Å². The largest absolute Gasteiger partial charge is 0.507 e. The van der Waals surface area contributed by atoms with E-state index >= 15 is 0 Å². The fraction of sp³-hybridized carbons (Fsp3) is 0.0625. The van der Waals surface area contributed by atoms with Gasteiger partial charge < -0.3 is 10.4 Å². The van der Waals surface area contributed by atoms with Gasteiger partial charge in [-0.2, -0.15) is 0 Å². The minimum atomic E-state index is -0.0948. The Labute approximate surface area is 121 Å². The van der Waals surface area contributed by atoms with Crippen molar-refractivity contribution in [2.75, 3.05) is 10.7 Å². The van der Waals surface area contributed by atoms with Crippen LogP contribution in [-0.4, -0.2) is 15.7 Å². The lowest BCUT2D eigenvalue weighted by molar-refractivity contribution is -0.114. The van der Waals surface area contributed by atoms with Crippen LogP contribution in [0.3, 0.4) is 0 Å². The summed E-state index contributed by atoms with van der Waals surface area (Å²) in [6.45, 7) is 1.48. The highest BCUT2D eigenvalue weighted by molar-refractivity contribution is 5.89. The molecule has 0 saturated heterocycles. The lowest BCUT2D eigenvalue weighted by Crippen LogP contribution is -2.08. The van der Waals surface area contributed by atoms with E-state index in [1.165, 1.54) is 6.92 Å². The lowest BCUT2D eigenvalue weighted by atomic mass is 10.2. The molecule has 2 aromatic carbocycles. The van der Waals surface area contributed by atoms with Gasteiger partial charge in [0.15, 0.2) is 0 Å². The van der Waals surface area contributed by atoms with Crippen molar-refractivity contribution in [2.24, 2.45) is 0 Å². The number of aromatic nitrogens is 1. The smallest absolute Gasteiger partial charge is 0.221 e. The number of amides is 1. The summed E-state index contributed by atoms with van der Waals surface area (Å²) < 4.78 is 1.84. The zero-order chi connectivity index (χ0) is 14.8. The fourth-order valence-electron chi connectivity index (χ4n) is 2.22. The van der Waals surface area contributed by atoms with E-state index < -0.39 is 0 Å². The first-order valence-electron chi connectivity index (χ1n) is 6.57. The van der Waals surface area contributed by atoms with Crippen LogP contribution in [0.25, 0.3) is 10.9 Å². The Morgan fingerprint density at radius 1 is 1.05 bits per heavy atom. The van der Waals surface area contributed by atoms with Crippen LogP contribution in [0, 0.1) is 0 Å². The molecule has 3 aromatic rings. The van der Waals surface area contributed by atoms with Gasteiger partial charge in [-0.3, -0.25) is 14.9 Å². The number of carbonyl (C=O) groups is 1. The van der Waals surface area contributed by atoms with Crippen molar-refractivity contribution in [3.05, 3.63) is 54.7 Å². The summed E-state index contributed by atoms with van der Waals surface area (Å²) in [7, 11) is 0. The first kappa shape index (κ1) is 13.1. The Bertz CT molecular complexity index is 791. The summed E-state index contributed by atoms with van der Waals surface area (Å²) >= 11 is 0. The summed E-state index contributed by atoms with van der Waals surface area (Å²) in [4.78, 5) is 11.0. The highest BCUT2D eigenvalue weighted by atomic mass is 16.3. The quantitative estimate of drug-likeness (QED) is 0.690. The minimum absolute atomic E-state index is 0.0948. The second-order valence-electron chi connectivity index (χ2n) is 4.77. The zero-order valence-electron chi connectivity index (χ0n) is 11.5. The van der Waals surface area contributed by atoms with Crippen LogP contribution in [0.15, 0.2) is 54.7 Å². The molecule has 0 atom stereocenters. The average Bonchev–Trinajstić information content (AvgIpc) is 2.85. The van der Waals surface area contributed by atoms with Crippen molar-refractivity contribution in [3.8, 4) is 5.75 Å². The molecule has 0 unspecified atom stereocenters. The average molecular weight is 281 g/mol. The van der Waals surface area contributed by atoms with Gasteiger partial charge in [-0.25, -0.2) is 0 Å². The van der Waals surface area contributed by atoms with Crippen molar-refractivity contribution in [2.45, 2.75) is 6.92 Å². The molecule has 21 heavy (non-hydrogen) atoms. The molecule has 1 heterocycles. The molecule has 3 rings (SSSR count). The van der Waals surface area contributed by atoms with Crippen LogP contribution in [0.5, 0.6) is 5.75 Å². The number of fused-ring (bicyclic) bond motifs is 1. The van der Waals surface area contributed by atoms with Crippen LogP contribution in [-0.2, 0) is 4.79 Å². The summed E-state index contributed by atoms with van der Waals surface area (Å²) in [6, 6.07) is 14.6. The number of nitrogens with zero attached hydrogens (tertiary/aromatic N) is 1. The molecule has 1 amide bonds. The molecule has 0 aliphatic rings. The van der Waals surface area contributed by atoms with Crippen LogP contribution in [0.1, 0.15) is 6.92 Å². The SMILES string of the molecule is CC(=O)Nc1ccc(Nn2ccc3c(O)cccc32)cc1. The van der Waals surface area contributed by atoms with Gasteiger partial charge in [0.1, 0.15) is 5.75 Å². The Morgan fingerprint density at radius 2 is 1.76 bits per heavy atom. The molecule has 0 fully saturated rings. The normalized spacial score (nSPS) is 10.5. The number of carbonyl (C=O) groups excluding carboxylic acids is 1. The molecular weight excluding hydrogens is 266 g/mol. The predicted octanol–water partition coefficient (Wildman–Crippen LogP) is 3.18. The highest BCUT2D eigenvalue weighted by Crippen LogP contribution is 2.25. The van der Waals surface area contributed by atoms with Gasteiger partial charge in [0.2, 0.25) is 5.91 Å². The molecule has 0 aliphatic heterocycles. The van der Waals surface area contributed by atoms with E-state index in [1.54, 1.807) is 12.1 Å². The topological polar surface area (TPSA) is 66.3 Å². The lowest BCUT2D eigenvalue weighted by Gasteiger charge is -2.10. The third-order valence-corrected chi connectivity index (χ3v) is 3.16. The van der Waals surface area contributed by atoms with Crippen LogP contribution in [0.2, 0.25) is 0 Å². The van der Waals surface area contributed by atoms with Crippen molar-refractivity contribution >= 4 is 28.2 Å². The van der Waals surface area contributed by atoms with Crippen molar-refractivity contribution in [3.63, 3.8) is 0 Å². The molecule has 0 spiro atoms. The Hall–Kier alpha value is -2.95. The Balaban J connectivity index is 1.85. The van der Waals surface area contributed by atoms with Crippen molar-refractivity contribution < 1.29 is 9.90 Å². The van der Waals surface area contributed by atoms with E-state index in [-0.39, 0.29) is 11.7 Å². The molecule has 5 nitrogen and oxygen atoms in total. The second-order valence-corrected chi connectivity index (χ2v) is 4.77. The summed E-state index contributed by atoms with van der Waals surface area (Å²) in [6.07, 6.45) is 1.85. The number of hydrogen-bond acceptors (Lipinski definition) is 3. The Morgan fingerprint density at radius 3 is 2.48 bits per heavy atom. The molecule has 3 N–H and O–H groups in total. The molecular formula is C16H15N3O2. The molecule has 0 aliphatic carbocycles. The number of hydrogen-bond donors (Lipinski definition) is 3. The number of benzene rings is 2. The molecule has 1 aromatic heterocycles. The van der Waals surface area contributed by atoms with E-state index in [0.717, 1.165) is 22.3 Å². The van der Waals surface area contributed by atoms with E-state index in [4.69, 9.17) is 0 Å². The van der Waals surface area contributed by atoms with Gasteiger partial charge in [-0.05, 0) is 42.5 Å². The summed E-state index contributed by atoms with van der Waals surface area (Å²) in [5.74, 6) is 0.164. The maximum atomic E-state index is 11.0. The minimum Gasteiger partial charge on any atom is -0.507 e. The van der Waals surface area contributed by atoms with Gasteiger partial charge in [-0.1, -0.05) is 6.07 Å². The molecule has 0 saturated carbocycles. The summed E-state index contributed by atoms with van der Waals surface area (Å²) in [5.41, 5.74) is 5.75. The van der Waals surface area contributed by atoms with E-state index in [2.05, 4.69) is 10.7 Å². The summed E-state index contributed by atoms with van der Waals surface area (Å²) in [5, 5.41) is 13.3. The molecule has 0 bridgehead atoms. The predicted molar refractivity (Wildman–Crippen MR) is 83.4 cm³/mol. The van der Waals surface area contributed by atoms with Crippen molar-refractivity contribution in [1.29, 1.82) is 0 Å². The Kier molecular flexibility index (Phi) is 3.23. The maximum Gasteiger partial charge on any atom is 0.221 e. The van der Waals surface area contributed by atoms with Gasteiger partial charge in [0.05, 0.1) is 11.2 Å². The zero-order valence-corrected chi connectivity index (χ0v) is 11.5. The second kappa shape index (κ2) is 5.20. The van der Waals surface area contributed by atoms with Gasteiger partial charge in [-0.15, -0.1) is 0 Å². The van der Waals surface area contributed by atoms with E-state index in [9.17, 15) is 9.90 Å². The fourth-order valence-corrected chi connectivity index (χ4v) is 2.22. The first-order valence-corrected chi connectivity index (χ1v) is 6.57. The third-order valence-electron chi connectivity index (χ3n) is 3.16. The molecule has 0 radical (unpaired) electrons. The maximum absolute atomic E-state index is 11.0. The number of phenols is 1. The number of nitrogens with one attached hydrogen (secondary N) is 2. The standard InChI is InChI=1S/C16H15N3O2/c1-11(20)17-12-5-7-13(8-6-12)18-19-10-9-14-15(19)3-2-4-16(14)21/h2-10,18,21H,1H3,(H,17,20). The molecule has 106 valence electrons. The number of phenolic OH excluding ortho intramolecular Hbond substituents is 1. The third kappa shape index (κ3) is 2.67. The number of aromatic hydroxyl groups is 1. The monoisotopic (exact) mass is 281 g/mol. The van der Waals surface area contributed by atoms with Crippen molar-refractivity contribution in [1.82, 2.24) is 4.68 Å². The van der Waals surface area contributed by atoms with E-state index in [0.29, 0.717) is 0 Å². The van der Waals surface area contributed by atoms with E-state index in [1.807, 2.05) is 47.3 Å². The first-order chi connectivity index (χ1) is 10.1. The van der Waals surface area contributed by atoms with Gasteiger partial charge in [0.25, 0.3) is 0 Å².